The van der Waals surface area contributed by atoms with Crippen LogP contribution in [-0.2, 0) is 11.3 Å². The summed E-state index contributed by atoms with van der Waals surface area (Å²) in [5.74, 6) is -0.550. The van der Waals surface area contributed by atoms with Gasteiger partial charge in [0, 0.05) is 24.3 Å². The number of nitrogens with zero attached hydrogens (tertiary/aromatic N) is 2. The molecule has 186 valence electrons. The van der Waals surface area contributed by atoms with Crippen molar-refractivity contribution < 1.29 is 23.8 Å². The predicted octanol–water partition coefficient (Wildman–Crippen LogP) is 6.40. The number of ether oxygens (including phenoxy) is 1. The molecule has 0 fully saturated rings. The molecule has 0 bridgehead atoms. The first kappa shape index (κ1) is 23.2. The average molecular weight is 503 g/mol. The highest BCUT2D eigenvalue weighted by atomic mass is 16.5. The summed E-state index contributed by atoms with van der Waals surface area (Å²) in [6.45, 7) is 0.163. The van der Waals surface area contributed by atoms with Crippen LogP contribution in [0, 0.1) is 0 Å². The molecular formula is C31H22N2O5. The fourth-order valence-corrected chi connectivity index (χ4v) is 4.68. The van der Waals surface area contributed by atoms with Gasteiger partial charge in [-0.25, -0.2) is 0 Å². The van der Waals surface area contributed by atoms with Gasteiger partial charge >= 0.3 is 0 Å². The zero-order chi connectivity index (χ0) is 26.1. The maximum Gasteiger partial charge on any atom is 0.290 e. The second-order valence-corrected chi connectivity index (χ2v) is 8.92. The number of amides is 1. The van der Waals surface area contributed by atoms with Crippen LogP contribution in [0.1, 0.15) is 27.7 Å². The van der Waals surface area contributed by atoms with Crippen LogP contribution >= 0.6 is 0 Å². The molecule has 1 aliphatic heterocycles. The Morgan fingerprint density at radius 3 is 2.42 bits per heavy atom. The number of ketones is 1. The van der Waals surface area contributed by atoms with Crippen LogP contribution in [-0.4, -0.2) is 26.7 Å². The fraction of sp³-hybridized carbons (Fsp3) is 0.0645. The summed E-state index contributed by atoms with van der Waals surface area (Å²) in [6.07, 6.45) is 3.26. The lowest BCUT2D eigenvalue weighted by Crippen LogP contribution is -2.30. The lowest BCUT2D eigenvalue weighted by molar-refractivity contribution is -0.130. The van der Waals surface area contributed by atoms with Crippen molar-refractivity contribution in [3.05, 3.63) is 138 Å². The summed E-state index contributed by atoms with van der Waals surface area (Å²) in [4.78, 5) is 32.7. The van der Waals surface area contributed by atoms with Gasteiger partial charge in [0.25, 0.3) is 5.91 Å². The van der Waals surface area contributed by atoms with Crippen molar-refractivity contribution in [2.24, 2.45) is 0 Å². The van der Waals surface area contributed by atoms with Gasteiger partial charge in [-0.05, 0) is 59.7 Å². The zero-order valence-corrected chi connectivity index (χ0v) is 20.2. The molecule has 2 aromatic heterocycles. The smallest absolute Gasteiger partial charge is 0.290 e. The highest BCUT2D eigenvalue weighted by Gasteiger charge is 2.44. The van der Waals surface area contributed by atoms with E-state index in [0.717, 1.165) is 10.9 Å². The van der Waals surface area contributed by atoms with Gasteiger partial charge in [-0.3, -0.25) is 14.6 Å². The number of benzene rings is 3. The van der Waals surface area contributed by atoms with E-state index in [1.165, 1.54) is 4.90 Å². The van der Waals surface area contributed by atoms with Crippen molar-refractivity contribution in [3.63, 3.8) is 0 Å². The van der Waals surface area contributed by atoms with Gasteiger partial charge in [-0.15, -0.1) is 0 Å². The molecule has 1 unspecified atom stereocenters. The molecule has 7 nitrogen and oxygen atoms in total. The van der Waals surface area contributed by atoms with Crippen LogP contribution in [0.25, 0.3) is 11.0 Å². The van der Waals surface area contributed by atoms with E-state index < -0.39 is 23.5 Å². The largest absolute Gasteiger partial charge is 0.503 e. The Labute approximate surface area is 218 Å². The van der Waals surface area contributed by atoms with Gasteiger partial charge in [0.1, 0.15) is 17.1 Å². The number of Topliss-reactive ketones (excluding diaryl/α,β-unsaturated/α-hetero) is 1. The molecule has 7 heteroatoms. The third-order valence-corrected chi connectivity index (χ3v) is 6.45. The molecule has 3 aromatic carbocycles. The van der Waals surface area contributed by atoms with Crippen LogP contribution < -0.4 is 4.74 Å². The minimum Gasteiger partial charge on any atom is -0.503 e. The maximum absolute atomic E-state index is 13.8. The van der Waals surface area contributed by atoms with Crippen molar-refractivity contribution in [1.82, 2.24) is 9.88 Å². The number of pyridine rings is 1. The summed E-state index contributed by atoms with van der Waals surface area (Å²) in [6, 6.07) is 28.1. The number of aromatic nitrogens is 1. The Balaban J connectivity index is 1.43. The van der Waals surface area contributed by atoms with Crippen molar-refractivity contribution in [2.75, 3.05) is 0 Å². The van der Waals surface area contributed by atoms with E-state index in [0.29, 0.717) is 22.6 Å². The first-order valence-electron chi connectivity index (χ1n) is 12.1. The van der Waals surface area contributed by atoms with Crippen molar-refractivity contribution in [2.45, 2.75) is 12.6 Å². The predicted molar refractivity (Wildman–Crippen MR) is 141 cm³/mol. The molecule has 0 aliphatic carbocycles. The summed E-state index contributed by atoms with van der Waals surface area (Å²) in [5.41, 5.74) is 1.92. The van der Waals surface area contributed by atoms with Gasteiger partial charge in [0.2, 0.25) is 5.78 Å². The van der Waals surface area contributed by atoms with E-state index in [1.807, 2.05) is 48.5 Å². The minimum atomic E-state index is -0.865. The average Bonchev–Trinajstić information content (AvgIpc) is 3.49. The fourth-order valence-electron chi connectivity index (χ4n) is 4.68. The van der Waals surface area contributed by atoms with E-state index in [9.17, 15) is 14.7 Å². The second kappa shape index (κ2) is 9.71. The lowest BCUT2D eigenvalue weighted by atomic mass is 9.94. The molecular weight excluding hydrogens is 480 g/mol. The number of carbonyl (C=O) groups excluding carboxylic acids is 2. The standard InChI is InChI=1S/C31H22N2O5/c34-29(26-18-21-7-4-5-12-25(21)38-26)27-28(33(31(36)30(27)35)19-20-13-15-32-16-14-20)22-8-6-11-24(17-22)37-23-9-2-1-3-10-23/h1-18,28,35H,19H2. The number of hydrogen-bond donors (Lipinski definition) is 1. The number of fused-ring (bicyclic) bond motifs is 1. The van der Waals surface area contributed by atoms with Crippen LogP contribution in [0.3, 0.4) is 0 Å². The molecule has 0 radical (unpaired) electrons. The molecule has 0 saturated carbocycles. The van der Waals surface area contributed by atoms with E-state index in [4.69, 9.17) is 9.15 Å². The van der Waals surface area contributed by atoms with Gasteiger partial charge in [-0.2, -0.15) is 0 Å². The third-order valence-electron chi connectivity index (χ3n) is 6.45. The van der Waals surface area contributed by atoms with E-state index in [-0.39, 0.29) is 17.9 Å². The number of hydrogen-bond acceptors (Lipinski definition) is 6. The van der Waals surface area contributed by atoms with Gasteiger partial charge in [0.05, 0.1) is 11.6 Å². The number of aliphatic hydroxyl groups is 1. The lowest BCUT2D eigenvalue weighted by Gasteiger charge is -2.27. The van der Waals surface area contributed by atoms with E-state index >= 15 is 0 Å². The van der Waals surface area contributed by atoms with Gasteiger partial charge < -0.3 is 19.2 Å². The number of furan rings is 1. The Morgan fingerprint density at radius 1 is 0.895 bits per heavy atom. The minimum absolute atomic E-state index is 0.0417. The Hall–Kier alpha value is -5.17. The van der Waals surface area contributed by atoms with Crippen molar-refractivity contribution in [1.29, 1.82) is 0 Å². The summed E-state index contributed by atoms with van der Waals surface area (Å²) in [5, 5.41) is 11.8. The molecule has 5 aromatic rings. The van der Waals surface area contributed by atoms with Gasteiger partial charge in [0.15, 0.2) is 11.5 Å². The molecule has 0 saturated heterocycles. The molecule has 6 rings (SSSR count). The maximum atomic E-state index is 13.8. The Kier molecular flexibility index (Phi) is 5.94. The first-order valence-corrected chi connectivity index (χ1v) is 12.1. The Bertz CT molecular complexity index is 1640. The van der Waals surface area contributed by atoms with Gasteiger partial charge in [-0.1, -0.05) is 48.5 Å². The number of rotatable bonds is 7. The third kappa shape index (κ3) is 4.30. The number of carbonyl (C=O) groups is 2. The van der Waals surface area contributed by atoms with Crippen LogP contribution in [0.15, 0.2) is 125 Å². The quantitative estimate of drug-likeness (QED) is 0.259. The van der Waals surface area contributed by atoms with Crippen LogP contribution in [0.4, 0.5) is 0 Å². The highest BCUT2D eigenvalue weighted by Crippen LogP contribution is 2.41. The van der Waals surface area contributed by atoms with Crippen molar-refractivity contribution in [3.8, 4) is 11.5 Å². The molecule has 1 amide bonds. The molecule has 0 spiro atoms. The molecule has 1 atom stereocenters. The first-order chi connectivity index (χ1) is 18.6. The zero-order valence-electron chi connectivity index (χ0n) is 20.2. The van der Waals surface area contributed by atoms with Crippen molar-refractivity contribution >= 4 is 22.7 Å². The van der Waals surface area contributed by atoms with Crippen LogP contribution in [0.5, 0.6) is 11.5 Å². The van der Waals surface area contributed by atoms with Crippen LogP contribution in [0.2, 0.25) is 0 Å². The highest BCUT2D eigenvalue weighted by molar-refractivity contribution is 6.16. The molecule has 3 heterocycles. The second-order valence-electron chi connectivity index (χ2n) is 8.92. The van der Waals surface area contributed by atoms with E-state index in [2.05, 4.69) is 4.98 Å². The summed E-state index contributed by atoms with van der Waals surface area (Å²) in [7, 11) is 0. The molecule has 1 aliphatic rings. The SMILES string of the molecule is O=C(C1=C(O)C(=O)N(Cc2ccncc2)C1c1cccc(Oc2ccccc2)c1)c1cc2ccccc2o1. The molecule has 38 heavy (non-hydrogen) atoms. The Morgan fingerprint density at radius 2 is 1.63 bits per heavy atom. The summed E-state index contributed by atoms with van der Waals surface area (Å²) < 4.78 is 11.8. The normalized spacial score (nSPS) is 15.3. The number of para-hydroxylation sites is 2. The monoisotopic (exact) mass is 502 g/mol. The summed E-state index contributed by atoms with van der Waals surface area (Å²) >= 11 is 0. The number of aliphatic hydroxyl groups excluding tert-OH is 1. The van der Waals surface area contributed by atoms with E-state index in [1.54, 1.807) is 60.9 Å². The molecule has 1 N–H and O–H groups in total. The topological polar surface area (TPSA) is 92.9 Å².